The van der Waals surface area contributed by atoms with Crippen molar-refractivity contribution in [1.82, 2.24) is 0 Å². The molecule has 1 N–H and O–H groups in total. The first-order valence-corrected chi connectivity index (χ1v) is 5.46. The minimum absolute atomic E-state index is 0.328. The van der Waals surface area contributed by atoms with Crippen molar-refractivity contribution in [2.45, 2.75) is 25.9 Å². The summed E-state index contributed by atoms with van der Waals surface area (Å²) in [7, 11) is 0. The lowest BCUT2D eigenvalue weighted by Gasteiger charge is -2.23. The Hall–Kier alpha value is -0.570. The Morgan fingerprint density at radius 1 is 1.40 bits per heavy atom. The molecule has 0 radical (unpaired) electrons. The van der Waals surface area contributed by atoms with Crippen molar-refractivity contribution < 1.29 is 9.84 Å². The molecule has 0 aromatic heterocycles. The van der Waals surface area contributed by atoms with Gasteiger partial charge in [-0.3, -0.25) is 0 Å². The maximum atomic E-state index is 10.0. The van der Waals surface area contributed by atoms with Crippen molar-refractivity contribution in [1.29, 1.82) is 0 Å². The van der Waals surface area contributed by atoms with Crippen molar-refractivity contribution in [2.75, 3.05) is 13.2 Å². The van der Waals surface area contributed by atoms with E-state index in [1.165, 1.54) is 0 Å². The third-order valence-corrected chi connectivity index (χ3v) is 2.51. The van der Waals surface area contributed by atoms with E-state index in [0.717, 1.165) is 5.56 Å². The molecule has 0 aliphatic rings. The topological polar surface area (TPSA) is 29.5 Å². The fourth-order valence-electron chi connectivity index (χ4n) is 1.43. The maximum absolute atomic E-state index is 10.0. The van der Waals surface area contributed by atoms with Gasteiger partial charge in [0, 0.05) is 18.1 Å². The molecule has 0 aliphatic heterocycles. The highest BCUT2D eigenvalue weighted by Gasteiger charge is 2.22. The number of hydrogen-bond donors (Lipinski definition) is 1. The molecule has 2 nitrogen and oxygen atoms in total. The van der Waals surface area contributed by atoms with E-state index in [1.54, 1.807) is 6.92 Å². The first-order valence-electron chi connectivity index (χ1n) is 5.09. The monoisotopic (exact) mass is 228 g/mol. The van der Waals surface area contributed by atoms with Crippen molar-refractivity contribution in [2.24, 2.45) is 0 Å². The second-order valence-electron chi connectivity index (χ2n) is 3.90. The lowest BCUT2D eigenvalue weighted by molar-refractivity contribution is -0.0296. The van der Waals surface area contributed by atoms with Gasteiger partial charge in [0.15, 0.2) is 0 Å². The van der Waals surface area contributed by atoms with Gasteiger partial charge in [0.2, 0.25) is 0 Å². The number of aliphatic hydroxyl groups is 1. The number of halogens is 1. The lowest BCUT2D eigenvalue weighted by Crippen LogP contribution is -2.33. The van der Waals surface area contributed by atoms with Crippen LogP contribution in [0.25, 0.3) is 0 Å². The highest BCUT2D eigenvalue weighted by molar-refractivity contribution is 6.31. The minimum atomic E-state index is -0.860. The molecule has 15 heavy (non-hydrogen) atoms. The van der Waals surface area contributed by atoms with Crippen molar-refractivity contribution in [3.8, 4) is 0 Å². The van der Waals surface area contributed by atoms with Crippen LogP contribution in [-0.4, -0.2) is 23.9 Å². The van der Waals surface area contributed by atoms with E-state index in [-0.39, 0.29) is 0 Å². The summed E-state index contributed by atoms with van der Waals surface area (Å²) < 4.78 is 5.22. The van der Waals surface area contributed by atoms with Gasteiger partial charge in [-0.05, 0) is 25.5 Å². The number of rotatable bonds is 5. The molecule has 1 aromatic carbocycles. The van der Waals surface area contributed by atoms with Crippen LogP contribution in [0.1, 0.15) is 19.4 Å². The smallest absolute Gasteiger partial charge is 0.0892 e. The van der Waals surface area contributed by atoms with Gasteiger partial charge in [-0.15, -0.1) is 0 Å². The molecule has 0 heterocycles. The highest BCUT2D eigenvalue weighted by Crippen LogP contribution is 2.21. The second-order valence-corrected chi connectivity index (χ2v) is 4.31. The van der Waals surface area contributed by atoms with Gasteiger partial charge in [-0.1, -0.05) is 29.8 Å². The van der Waals surface area contributed by atoms with Crippen LogP contribution in [0.4, 0.5) is 0 Å². The largest absolute Gasteiger partial charge is 0.387 e. The van der Waals surface area contributed by atoms with E-state index in [1.807, 2.05) is 31.2 Å². The first-order chi connectivity index (χ1) is 7.05. The van der Waals surface area contributed by atoms with Gasteiger partial charge in [0.05, 0.1) is 12.2 Å². The lowest BCUT2D eigenvalue weighted by atomic mass is 9.97. The van der Waals surface area contributed by atoms with E-state index in [9.17, 15) is 5.11 Å². The predicted molar refractivity (Wildman–Crippen MR) is 62.3 cm³/mol. The molecule has 1 unspecified atom stereocenters. The molecule has 1 aromatic rings. The number of ether oxygens (including phenoxy) is 1. The average Bonchev–Trinajstić information content (AvgIpc) is 2.18. The summed E-state index contributed by atoms with van der Waals surface area (Å²) in [5.41, 5.74) is 0.0879. The molecule has 0 fully saturated rings. The third kappa shape index (κ3) is 4.20. The minimum Gasteiger partial charge on any atom is -0.387 e. The summed E-state index contributed by atoms with van der Waals surface area (Å²) in [4.78, 5) is 0. The summed E-state index contributed by atoms with van der Waals surface area (Å²) in [5, 5.41) is 10.7. The zero-order valence-corrected chi connectivity index (χ0v) is 9.92. The van der Waals surface area contributed by atoms with Gasteiger partial charge >= 0.3 is 0 Å². The fourth-order valence-corrected chi connectivity index (χ4v) is 1.63. The average molecular weight is 229 g/mol. The maximum Gasteiger partial charge on any atom is 0.0892 e. The van der Waals surface area contributed by atoms with E-state index in [4.69, 9.17) is 16.3 Å². The SMILES string of the molecule is CCOCC(C)(O)Cc1ccccc1Cl. The highest BCUT2D eigenvalue weighted by atomic mass is 35.5. The van der Waals surface area contributed by atoms with E-state index in [2.05, 4.69) is 0 Å². The number of hydrogen-bond acceptors (Lipinski definition) is 2. The van der Waals surface area contributed by atoms with Crippen molar-refractivity contribution in [3.63, 3.8) is 0 Å². The normalized spacial score (nSPS) is 14.9. The van der Waals surface area contributed by atoms with Crippen LogP contribution >= 0.6 is 11.6 Å². The van der Waals surface area contributed by atoms with Crippen molar-refractivity contribution in [3.05, 3.63) is 34.9 Å². The second kappa shape index (κ2) is 5.50. The molecule has 0 amide bonds. The van der Waals surface area contributed by atoms with Crippen LogP contribution in [0.3, 0.4) is 0 Å². The molecule has 0 saturated carbocycles. The van der Waals surface area contributed by atoms with Crippen LogP contribution in [0.5, 0.6) is 0 Å². The van der Waals surface area contributed by atoms with Crippen LogP contribution in [0.2, 0.25) is 5.02 Å². The quantitative estimate of drug-likeness (QED) is 0.840. The Balaban J connectivity index is 2.64. The Labute approximate surface area is 95.8 Å². The Bertz CT molecular complexity index is 310. The zero-order valence-electron chi connectivity index (χ0n) is 9.16. The van der Waals surface area contributed by atoms with E-state index >= 15 is 0 Å². The molecule has 0 spiro atoms. The van der Waals surface area contributed by atoms with E-state index < -0.39 is 5.60 Å². The summed E-state index contributed by atoms with van der Waals surface area (Å²) >= 11 is 6.01. The Kier molecular flexibility index (Phi) is 4.58. The van der Waals surface area contributed by atoms with E-state index in [0.29, 0.717) is 24.7 Å². The zero-order chi connectivity index (χ0) is 11.3. The summed E-state index contributed by atoms with van der Waals surface area (Å²) in [6, 6.07) is 7.54. The molecule has 1 atom stereocenters. The van der Waals surface area contributed by atoms with Gasteiger partial charge in [-0.25, -0.2) is 0 Å². The first kappa shape index (κ1) is 12.5. The van der Waals surface area contributed by atoms with Crippen LogP contribution < -0.4 is 0 Å². The molecule has 84 valence electrons. The summed E-state index contributed by atoms with van der Waals surface area (Å²) in [6.45, 7) is 4.60. The molecular weight excluding hydrogens is 212 g/mol. The van der Waals surface area contributed by atoms with Crippen LogP contribution in [0.15, 0.2) is 24.3 Å². The van der Waals surface area contributed by atoms with Crippen molar-refractivity contribution >= 4 is 11.6 Å². The molecular formula is C12H17ClO2. The number of benzene rings is 1. The molecule has 0 saturated heterocycles. The standard InChI is InChI=1S/C12H17ClO2/c1-3-15-9-12(2,14)8-10-6-4-5-7-11(10)13/h4-7,14H,3,8-9H2,1-2H3. The molecule has 1 rings (SSSR count). The van der Waals surface area contributed by atoms with Crippen LogP contribution in [-0.2, 0) is 11.2 Å². The molecule has 3 heteroatoms. The summed E-state index contributed by atoms with van der Waals surface area (Å²) in [6.07, 6.45) is 0.507. The Morgan fingerprint density at radius 3 is 2.67 bits per heavy atom. The fraction of sp³-hybridized carbons (Fsp3) is 0.500. The molecule has 0 bridgehead atoms. The van der Waals surface area contributed by atoms with Gasteiger partial charge in [-0.2, -0.15) is 0 Å². The predicted octanol–water partition coefficient (Wildman–Crippen LogP) is 2.67. The third-order valence-electron chi connectivity index (χ3n) is 2.15. The van der Waals surface area contributed by atoms with Gasteiger partial charge in [0.1, 0.15) is 0 Å². The van der Waals surface area contributed by atoms with Gasteiger partial charge in [0.25, 0.3) is 0 Å². The van der Waals surface area contributed by atoms with Crippen LogP contribution in [0, 0.1) is 0 Å². The molecule has 0 aliphatic carbocycles. The van der Waals surface area contributed by atoms with Gasteiger partial charge < -0.3 is 9.84 Å². The Morgan fingerprint density at radius 2 is 2.07 bits per heavy atom. The summed E-state index contributed by atoms with van der Waals surface area (Å²) in [5.74, 6) is 0.